The van der Waals surface area contributed by atoms with E-state index in [0.29, 0.717) is 17.0 Å². The van der Waals surface area contributed by atoms with E-state index in [1.165, 1.54) is 12.1 Å². The third-order valence-corrected chi connectivity index (χ3v) is 6.60. The van der Waals surface area contributed by atoms with E-state index in [4.69, 9.17) is 0 Å². The molecule has 0 N–H and O–H groups in total. The SMILES string of the molecule is O=[N+]([O-])c1ccc(Sc2ccc(S(=O)(=O)C(F)(F)[C@H](F)Cl)cc2[N+](=O)[O-])cc1. The zero-order valence-corrected chi connectivity index (χ0v) is 15.7. The molecule has 150 valence electrons. The first kappa shape index (κ1) is 21.9. The van der Waals surface area contributed by atoms with Crippen LogP contribution in [-0.2, 0) is 9.84 Å². The largest absolute Gasteiger partial charge is 0.393 e. The lowest BCUT2D eigenvalue weighted by molar-refractivity contribution is -0.388. The van der Waals surface area contributed by atoms with E-state index >= 15 is 0 Å². The molecule has 2 aromatic carbocycles. The number of nitro groups is 2. The summed E-state index contributed by atoms with van der Waals surface area (Å²) in [5.41, 5.74) is -4.60. The lowest BCUT2D eigenvalue weighted by Gasteiger charge is -2.17. The van der Waals surface area contributed by atoms with Crippen LogP contribution in [-0.4, -0.2) is 29.1 Å². The molecule has 0 radical (unpaired) electrons. The van der Waals surface area contributed by atoms with Crippen LogP contribution < -0.4 is 0 Å². The van der Waals surface area contributed by atoms with Crippen LogP contribution in [0.2, 0.25) is 0 Å². The molecule has 0 aliphatic rings. The number of halogens is 4. The fourth-order valence-electron chi connectivity index (χ4n) is 1.93. The van der Waals surface area contributed by atoms with Gasteiger partial charge in [0.1, 0.15) is 0 Å². The van der Waals surface area contributed by atoms with E-state index in [0.717, 1.165) is 30.0 Å². The lowest BCUT2D eigenvalue weighted by Crippen LogP contribution is -2.36. The van der Waals surface area contributed by atoms with E-state index < -0.39 is 41.2 Å². The van der Waals surface area contributed by atoms with Crippen LogP contribution in [0, 0.1) is 20.2 Å². The second-order valence-electron chi connectivity index (χ2n) is 5.11. The van der Waals surface area contributed by atoms with Gasteiger partial charge in [0.05, 0.1) is 19.6 Å². The van der Waals surface area contributed by atoms with E-state index in [1.807, 2.05) is 0 Å². The maximum Gasteiger partial charge on any atom is 0.393 e. The van der Waals surface area contributed by atoms with Crippen molar-refractivity contribution in [2.45, 2.75) is 25.6 Å². The number of alkyl halides is 4. The molecule has 0 saturated carbocycles. The third-order valence-electron chi connectivity index (χ3n) is 3.33. The average molecular weight is 457 g/mol. The van der Waals surface area contributed by atoms with Gasteiger partial charge in [-0.15, -0.1) is 0 Å². The molecule has 0 bridgehead atoms. The van der Waals surface area contributed by atoms with Crippen molar-refractivity contribution in [2.75, 3.05) is 0 Å². The van der Waals surface area contributed by atoms with Crippen LogP contribution in [0.3, 0.4) is 0 Å². The molecule has 0 amide bonds. The summed E-state index contributed by atoms with van der Waals surface area (Å²) in [6.07, 6.45) is 0. The minimum absolute atomic E-state index is 0.121. The number of nitrogens with zero attached hydrogens (tertiary/aromatic N) is 2. The van der Waals surface area contributed by atoms with Crippen molar-refractivity contribution < 1.29 is 31.4 Å². The van der Waals surface area contributed by atoms with Crippen LogP contribution in [0.1, 0.15) is 0 Å². The molecule has 0 aliphatic carbocycles. The number of hydrogen-bond donors (Lipinski definition) is 0. The number of non-ortho nitro benzene ring substituents is 1. The molecule has 0 unspecified atom stereocenters. The topological polar surface area (TPSA) is 120 Å². The fraction of sp³-hybridized carbons (Fsp3) is 0.143. The predicted molar refractivity (Wildman–Crippen MR) is 93.2 cm³/mol. The van der Waals surface area contributed by atoms with Crippen molar-refractivity contribution in [3.8, 4) is 0 Å². The van der Waals surface area contributed by atoms with Crippen LogP contribution in [0.4, 0.5) is 24.5 Å². The van der Waals surface area contributed by atoms with Gasteiger partial charge in [-0.1, -0.05) is 23.4 Å². The molecule has 0 fully saturated rings. The summed E-state index contributed by atoms with van der Waals surface area (Å²) < 4.78 is 63.7. The summed E-state index contributed by atoms with van der Waals surface area (Å²) in [7, 11) is -5.63. The zero-order chi connectivity index (χ0) is 21.3. The number of nitro benzene ring substituents is 2. The molecule has 2 rings (SSSR count). The molecule has 0 saturated heterocycles. The fourth-order valence-corrected chi connectivity index (χ4v) is 4.25. The number of hydrogen-bond acceptors (Lipinski definition) is 7. The third kappa shape index (κ3) is 4.20. The van der Waals surface area contributed by atoms with E-state index in [-0.39, 0.29) is 10.6 Å². The Hall–Kier alpha value is -2.38. The van der Waals surface area contributed by atoms with Gasteiger partial charge in [-0.05, 0) is 24.3 Å². The average Bonchev–Trinajstić information content (AvgIpc) is 2.61. The van der Waals surface area contributed by atoms with Crippen molar-refractivity contribution in [1.82, 2.24) is 0 Å². The van der Waals surface area contributed by atoms with Gasteiger partial charge < -0.3 is 0 Å². The highest BCUT2D eigenvalue weighted by Crippen LogP contribution is 2.40. The molecule has 1 atom stereocenters. The smallest absolute Gasteiger partial charge is 0.258 e. The maximum atomic E-state index is 13.6. The Bertz CT molecular complexity index is 1030. The molecular formula is C14H8ClF3N2O6S2. The van der Waals surface area contributed by atoms with Crippen molar-refractivity contribution in [3.63, 3.8) is 0 Å². The molecule has 0 aliphatic heterocycles. The second kappa shape index (κ2) is 7.93. The van der Waals surface area contributed by atoms with Gasteiger partial charge in [0.15, 0.2) is 0 Å². The Balaban J connectivity index is 2.46. The lowest BCUT2D eigenvalue weighted by atomic mass is 10.3. The highest BCUT2D eigenvalue weighted by Gasteiger charge is 2.53. The summed E-state index contributed by atoms with van der Waals surface area (Å²) in [5, 5.41) is 16.9. The van der Waals surface area contributed by atoms with Gasteiger partial charge in [0.2, 0.25) is 9.84 Å². The second-order valence-corrected chi connectivity index (χ2v) is 8.63. The van der Waals surface area contributed by atoms with E-state index in [2.05, 4.69) is 11.6 Å². The molecule has 2 aromatic rings. The number of rotatable bonds is 7. The zero-order valence-electron chi connectivity index (χ0n) is 13.3. The normalized spacial score (nSPS) is 13.1. The van der Waals surface area contributed by atoms with Gasteiger partial charge in [-0.25, -0.2) is 12.8 Å². The van der Waals surface area contributed by atoms with E-state index in [1.54, 1.807) is 0 Å². The first-order valence-electron chi connectivity index (χ1n) is 6.99. The Labute approximate surface area is 164 Å². The van der Waals surface area contributed by atoms with Gasteiger partial charge in [-0.3, -0.25) is 20.2 Å². The summed E-state index contributed by atoms with van der Waals surface area (Å²) in [4.78, 5) is 19.3. The standard InChI is InChI=1S/C14H8ClF3N2O6S2/c15-13(16)14(17,18)28(25,26)10-5-6-12(11(7-10)20(23)24)27-9-3-1-8(2-4-9)19(21)22/h1-7,13H/t13-/m0/s1. The first-order chi connectivity index (χ1) is 12.9. The Kier molecular flexibility index (Phi) is 6.21. The van der Waals surface area contributed by atoms with E-state index in [9.17, 15) is 41.8 Å². The molecule has 0 spiro atoms. The summed E-state index contributed by atoms with van der Waals surface area (Å²) in [6, 6.07) is 6.82. The quantitative estimate of drug-likeness (QED) is 0.340. The number of benzene rings is 2. The highest BCUT2D eigenvalue weighted by molar-refractivity contribution is 7.99. The summed E-state index contributed by atoms with van der Waals surface area (Å²) in [5.74, 6) is 0. The molecule has 14 heteroatoms. The van der Waals surface area contributed by atoms with Crippen molar-refractivity contribution >= 4 is 44.6 Å². The van der Waals surface area contributed by atoms with Crippen LogP contribution in [0.5, 0.6) is 0 Å². The van der Waals surface area contributed by atoms with Crippen molar-refractivity contribution in [1.29, 1.82) is 0 Å². The van der Waals surface area contributed by atoms with Crippen molar-refractivity contribution in [3.05, 3.63) is 62.7 Å². The minimum atomic E-state index is -5.63. The summed E-state index contributed by atoms with van der Waals surface area (Å²) in [6.45, 7) is 0. The van der Waals surface area contributed by atoms with Gasteiger partial charge >= 0.3 is 5.25 Å². The maximum absolute atomic E-state index is 13.6. The molecular weight excluding hydrogens is 449 g/mol. The van der Waals surface area contributed by atoms with Crippen LogP contribution in [0.25, 0.3) is 0 Å². The summed E-state index contributed by atoms with van der Waals surface area (Å²) >= 11 is 5.35. The monoisotopic (exact) mass is 456 g/mol. The first-order valence-corrected chi connectivity index (χ1v) is 9.73. The Morgan fingerprint density at radius 3 is 2.07 bits per heavy atom. The minimum Gasteiger partial charge on any atom is -0.258 e. The Morgan fingerprint density at radius 2 is 1.61 bits per heavy atom. The van der Waals surface area contributed by atoms with Crippen molar-refractivity contribution in [2.24, 2.45) is 0 Å². The van der Waals surface area contributed by atoms with Gasteiger partial charge in [0.25, 0.3) is 17.0 Å². The predicted octanol–water partition coefficient (Wildman–Crippen LogP) is 4.56. The van der Waals surface area contributed by atoms with Gasteiger partial charge in [0, 0.05) is 23.1 Å². The Morgan fingerprint density at radius 1 is 1.04 bits per heavy atom. The van der Waals surface area contributed by atoms with Crippen LogP contribution in [0.15, 0.2) is 57.2 Å². The molecule has 0 heterocycles. The highest BCUT2D eigenvalue weighted by atomic mass is 35.5. The number of sulfone groups is 1. The molecule has 28 heavy (non-hydrogen) atoms. The molecule has 0 aromatic heterocycles. The van der Waals surface area contributed by atoms with Gasteiger partial charge in [-0.2, -0.15) is 8.78 Å². The molecule has 8 nitrogen and oxygen atoms in total. The van der Waals surface area contributed by atoms with Crippen LogP contribution >= 0.6 is 23.4 Å².